The Balaban J connectivity index is 1.40. The highest BCUT2D eigenvalue weighted by Gasteiger charge is 2.49. The molecule has 0 spiro atoms. The van der Waals surface area contributed by atoms with Gasteiger partial charge in [0.05, 0.1) is 27.4 Å². The number of nitrogen functional groups attached to an aromatic ring is 1. The van der Waals surface area contributed by atoms with Crippen LogP contribution in [-0.2, 0) is 6.18 Å². The molecule has 4 aromatic rings. The van der Waals surface area contributed by atoms with Gasteiger partial charge in [-0.3, -0.25) is 4.90 Å². The van der Waals surface area contributed by atoms with E-state index in [2.05, 4.69) is 25.6 Å². The minimum absolute atomic E-state index is 0.0184. The van der Waals surface area contributed by atoms with Crippen molar-refractivity contribution in [3.05, 3.63) is 35.4 Å². The van der Waals surface area contributed by atoms with Gasteiger partial charge in [0.1, 0.15) is 29.9 Å². The summed E-state index contributed by atoms with van der Waals surface area (Å²) in [6, 6.07) is 2.40. The van der Waals surface area contributed by atoms with Crippen molar-refractivity contribution in [3.8, 4) is 17.1 Å². The number of hydrogen-bond acceptors (Lipinski definition) is 9. The molecule has 3 fully saturated rings. The third-order valence-electron chi connectivity index (χ3n) is 8.35. The number of alkyl halides is 4. The number of nitrogens with two attached hydrogens (primary N) is 1. The van der Waals surface area contributed by atoms with Gasteiger partial charge in [-0.2, -0.15) is 23.1 Å². The average Bonchev–Trinajstić information content (AvgIpc) is 3.57. The number of benzene rings is 2. The van der Waals surface area contributed by atoms with Gasteiger partial charge in [-0.1, -0.05) is 11.3 Å². The second-order valence-corrected chi connectivity index (χ2v) is 12.1. The van der Waals surface area contributed by atoms with Crippen molar-refractivity contribution in [1.82, 2.24) is 25.2 Å². The Labute approximate surface area is 239 Å². The lowest BCUT2D eigenvalue weighted by Crippen LogP contribution is -2.51. The van der Waals surface area contributed by atoms with Crippen LogP contribution in [0.3, 0.4) is 0 Å². The number of rotatable bonds is 6. The second kappa shape index (κ2) is 9.81. The summed E-state index contributed by atoms with van der Waals surface area (Å²) in [6.07, 6.45) is -4.12. The highest BCUT2D eigenvalue weighted by Crippen LogP contribution is 2.46. The Morgan fingerprint density at radius 2 is 1.98 bits per heavy atom. The summed E-state index contributed by atoms with van der Waals surface area (Å²) in [4.78, 5) is 14.6. The Kier molecular flexibility index (Phi) is 6.40. The zero-order valence-electron chi connectivity index (χ0n) is 22.0. The van der Waals surface area contributed by atoms with Gasteiger partial charge in [0, 0.05) is 42.6 Å². The quantitative estimate of drug-likeness (QED) is 0.259. The van der Waals surface area contributed by atoms with Gasteiger partial charge in [-0.25, -0.2) is 18.2 Å². The summed E-state index contributed by atoms with van der Waals surface area (Å²) >= 11 is 0.752. The van der Waals surface area contributed by atoms with E-state index in [9.17, 15) is 22.0 Å². The Morgan fingerprint density at radius 1 is 1.17 bits per heavy atom. The van der Waals surface area contributed by atoms with Gasteiger partial charge in [0.25, 0.3) is 0 Å². The van der Waals surface area contributed by atoms with Crippen molar-refractivity contribution in [1.29, 1.82) is 0 Å². The van der Waals surface area contributed by atoms with Crippen LogP contribution in [0, 0.1) is 11.6 Å². The highest BCUT2D eigenvalue weighted by molar-refractivity contribution is 7.22. The van der Waals surface area contributed by atoms with E-state index in [1.165, 1.54) is 0 Å². The molecule has 8 nitrogen and oxygen atoms in total. The van der Waals surface area contributed by atoms with Crippen LogP contribution in [0.15, 0.2) is 18.2 Å². The van der Waals surface area contributed by atoms with E-state index < -0.39 is 46.2 Å². The number of nitrogens with one attached hydrogen (secondary N) is 2. The molecule has 15 heteroatoms. The molecule has 7 rings (SSSR count). The van der Waals surface area contributed by atoms with Crippen molar-refractivity contribution in [2.24, 2.45) is 0 Å². The van der Waals surface area contributed by atoms with Gasteiger partial charge < -0.3 is 21.1 Å². The van der Waals surface area contributed by atoms with E-state index in [0.29, 0.717) is 26.1 Å². The number of fused-ring (bicyclic) bond motifs is 3. The first-order chi connectivity index (χ1) is 20.0. The molecule has 42 heavy (non-hydrogen) atoms. The van der Waals surface area contributed by atoms with Crippen LogP contribution in [0.25, 0.3) is 32.2 Å². The fraction of sp³-hybridized carbons (Fsp3) is 0.444. The summed E-state index contributed by atoms with van der Waals surface area (Å²) in [6.45, 7) is 2.14. The monoisotopic (exact) mass is 609 g/mol. The summed E-state index contributed by atoms with van der Waals surface area (Å²) in [5.41, 5.74) is 2.21. The Hall–Kier alpha value is -3.43. The predicted octanol–water partition coefficient (Wildman–Crippen LogP) is 5.12. The number of hydrogen-bond donors (Lipinski definition) is 3. The van der Waals surface area contributed by atoms with E-state index >= 15 is 4.39 Å². The first-order valence-electron chi connectivity index (χ1n) is 13.5. The number of thiazole rings is 1. The Bertz CT molecular complexity index is 1710. The van der Waals surface area contributed by atoms with Crippen LogP contribution < -0.4 is 21.1 Å². The summed E-state index contributed by atoms with van der Waals surface area (Å²) < 4.78 is 94.7. The first kappa shape index (κ1) is 27.4. The third kappa shape index (κ3) is 4.48. The fourth-order valence-corrected chi connectivity index (χ4v) is 7.06. The molecule has 4 N–H and O–H groups in total. The van der Waals surface area contributed by atoms with Crippen LogP contribution in [0.2, 0.25) is 0 Å². The van der Waals surface area contributed by atoms with E-state index in [4.69, 9.17) is 10.5 Å². The van der Waals surface area contributed by atoms with Crippen LogP contribution in [-0.4, -0.2) is 70.4 Å². The molecule has 0 aliphatic carbocycles. The zero-order valence-corrected chi connectivity index (χ0v) is 22.8. The highest BCUT2D eigenvalue weighted by atomic mass is 32.1. The maximum atomic E-state index is 16.5. The summed E-state index contributed by atoms with van der Waals surface area (Å²) in [5, 5.41) is 5.86. The molecule has 3 saturated heterocycles. The van der Waals surface area contributed by atoms with Gasteiger partial charge in [0.15, 0.2) is 10.9 Å². The number of ether oxygens (including phenoxy) is 1. The molecule has 2 aromatic carbocycles. The van der Waals surface area contributed by atoms with E-state index in [-0.39, 0.29) is 57.2 Å². The molecular formula is C27H25F6N7OS. The second-order valence-electron chi connectivity index (χ2n) is 11.1. The average molecular weight is 610 g/mol. The third-order valence-corrected chi connectivity index (χ3v) is 9.24. The molecule has 0 radical (unpaired) electrons. The van der Waals surface area contributed by atoms with Crippen LogP contribution in [0.4, 0.5) is 37.3 Å². The number of aromatic nitrogens is 3. The molecule has 222 valence electrons. The largest absolute Gasteiger partial charge is 0.461 e. The molecule has 0 saturated carbocycles. The summed E-state index contributed by atoms with van der Waals surface area (Å²) in [5.74, 6) is -2.04. The molecule has 3 aliphatic rings. The molecule has 3 aliphatic heterocycles. The van der Waals surface area contributed by atoms with Crippen molar-refractivity contribution >= 4 is 43.4 Å². The minimum atomic E-state index is -4.99. The summed E-state index contributed by atoms with van der Waals surface area (Å²) in [7, 11) is 0. The first-order valence-corrected chi connectivity index (χ1v) is 14.3. The molecule has 0 bridgehead atoms. The maximum absolute atomic E-state index is 16.5. The SMILES string of the molecule is Nc1nc2c(-c3c(C(F)(F)F)cc4c(NC5CNC5)nc(OC[C@@]56CCCN5C[C@H](F)C6)nc4c3F)ccc(F)c2s1. The smallest absolute Gasteiger partial charge is 0.417 e. The standard InChI is InChI=1S/C27H25F6N7OS/c28-12-7-26(4-1-5-40(26)10-12)11-41-25-38-20-15(23(39-25)36-13-8-35-9-13)6-16(27(31,32)33)18(19(20)30)14-2-3-17(29)22-21(14)37-24(34)42-22/h2-3,6,12-13,35H,1,4-5,7-11H2,(H2,34,37)(H,36,38,39)/t12-,26+/m1/s1. The minimum Gasteiger partial charge on any atom is -0.461 e. The number of halogens is 6. The normalized spacial score (nSPS) is 23.0. The van der Waals surface area contributed by atoms with E-state index in [1.807, 2.05) is 4.90 Å². The van der Waals surface area contributed by atoms with Gasteiger partial charge in [-0.15, -0.1) is 0 Å². The zero-order chi connectivity index (χ0) is 29.4. The van der Waals surface area contributed by atoms with Gasteiger partial charge in [0.2, 0.25) is 0 Å². The Morgan fingerprint density at radius 3 is 2.71 bits per heavy atom. The van der Waals surface area contributed by atoms with E-state index in [1.54, 1.807) is 0 Å². The van der Waals surface area contributed by atoms with Crippen molar-refractivity contribution in [2.75, 3.05) is 43.8 Å². The topological polar surface area (TPSA) is 101 Å². The molecule has 5 heterocycles. The lowest BCUT2D eigenvalue weighted by atomic mass is 9.95. The van der Waals surface area contributed by atoms with Gasteiger partial charge >= 0.3 is 12.2 Å². The van der Waals surface area contributed by atoms with Crippen molar-refractivity contribution in [2.45, 2.75) is 43.2 Å². The van der Waals surface area contributed by atoms with Gasteiger partial charge in [-0.05, 0) is 37.6 Å². The molecule has 0 amide bonds. The van der Waals surface area contributed by atoms with Crippen LogP contribution in [0.1, 0.15) is 24.8 Å². The van der Waals surface area contributed by atoms with E-state index in [0.717, 1.165) is 42.5 Å². The van der Waals surface area contributed by atoms with Crippen LogP contribution >= 0.6 is 11.3 Å². The van der Waals surface area contributed by atoms with Crippen LogP contribution in [0.5, 0.6) is 6.01 Å². The van der Waals surface area contributed by atoms with Crippen molar-refractivity contribution < 1.29 is 31.1 Å². The lowest BCUT2D eigenvalue weighted by Gasteiger charge is -2.31. The lowest BCUT2D eigenvalue weighted by molar-refractivity contribution is -0.137. The maximum Gasteiger partial charge on any atom is 0.417 e. The molecular weight excluding hydrogens is 584 g/mol. The predicted molar refractivity (Wildman–Crippen MR) is 146 cm³/mol. The fourth-order valence-electron chi connectivity index (χ4n) is 6.29. The molecule has 0 unspecified atom stereocenters. The number of anilines is 2. The van der Waals surface area contributed by atoms with Crippen molar-refractivity contribution in [3.63, 3.8) is 0 Å². The molecule has 2 atom stereocenters. The number of nitrogens with zero attached hydrogens (tertiary/aromatic N) is 4. The molecule has 2 aromatic heterocycles.